The highest BCUT2D eigenvalue weighted by molar-refractivity contribution is 7.08. The summed E-state index contributed by atoms with van der Waals surface area (Å²) in [4.78, 5) is 15.6. The standard InChI is InChI=1S/C11H11N3O2S/c1-16-11(15)9-4-7(12)5-13-10(9)14-8-2-3-17-6-8/h2-6H,12H2,1H3,(H,13,14). The molecule has 0 amide bonds. The summed E-state index contributed by atoms with van der Waals surface area (Å²) in [6, 6.07) is 3.43. The number of thiophene rings is 1. The van der Waals surface area contributed by atoms with Gasteiger partial charge in [-0.05, 0) is 17.5 Å². The molecule has 0 spiro atoms. The number of hydrogen-bond donors (Lipinski definition) is 2. The van der Waals surface area contributed by atoms with Crippen LogP contribution in [-0.2, 0) is 4.74 Å². The van der Waals surface area contributed by atoms with Gasteiger partial charge in [0.2, 0.25) is 0 Å². The van der Waals surface area contributed by atoms with Gasteiger partial charge in [-0.1, -0.05) is 0 Å². The van der Waals surface area contributed by atoms with Gasteiger partial charge in [-0.3, -0.25) is 0 Å². The molecule has 3 N–H and O–H groups in total. The third-order valence-electron chi connectivity index (χ3n) is 2.10. The molecule has 17 heavy (non-hydrogen) atoms. The van der Waals surface area contributed by atoms with E-state index in [-0.39, 0.29) is 0 Å². The van der Waals surface area contributed by atoms with Gasteiger partial charge in [0.05, 0.1) is 24.7 Å². The van der Waals surface area contributed by atoms with Crippen molar-refractivity contribution in [2.75, 3.05) is 18.2 Å². The number of nitrogens with zero attached hydrogens (tertiary/aromatic N) is 1. The van der Waals surface area contributed by atoms with E-state index in [1.54, 1.807) is 11.3 Å². The van der Waals surface area contributed by atoms with Crippen molar-refractivity contribution in [3.05, 3.63) is 34.7 Å². The molecule has 0 aromatic carbocycles. The summed E-state index contributed by atoms with van der Waals surface area (Å²) in [5, 5.41) is 6.88. The van der Waals surface area contributed by atoms with Crippen LogP contribution in [0.4, 0.5) is 17.2 Å². The van der Waals surface area contributed by atoms with Gasteiger partial charge in [0.15, 0.2) is 0 Å². The van der Waals surface area contributed by atoms with Gasteiger partial charge >= 0.3 is 5.97 Å². The summed E-state index contributed by atoms with van der Waals surface area (Å²) < 4.78 is 4.68. The van der Waals surface area contributed by atoms with Crippen molar-refractivity contribution in [2.45, 2.75) is 0 Å². The monoisotopic (exact) mass is 249 g/mol. The number of ether oxygens (including phenoxy) is 1. The molecule has 0 saturated carbocycles. The summed E-state index contributed by atoms with van der Waals surface area (Å²) in [5.41, 5.74) is 7.21. The number of nitrogens with one attached hydrogen (secondary N) is 1. The van der Waals surface area contributed by atoms with Crippen molar-refractivity contribution in [1.82, 2.24) is 4.98 Å². The van der Waals surface area contributed by atoms with E-state index in [4.69, 9.17) is 5.73 Å². The number of nitrogen functional groups attached to an aromatic ring is 1. The minimum atomic E-state index is -0.470. The SMILES string of the molecule is COC(=O)c1cc(N)cnc1Nc1ccsc1. The van der Waals surface area contributed by atoms with Crippen LogP contribution >= 0.6 is 11.3 Å². The number of methoxy groups -OCH3 is 1. The maximum Gasteiger partial charge on any atom is 0.341 e. The van der Waals surface area contributed by atoms with Crippen molar-refractivity contribution >= 4 is 34.5 Å². The van der Waals surface area contributed by atoms with Crippen molar-refractivity contribution in [1.29, 1.82) is 0 Å². The van der Waals surface area contributed by atoms with E-state index in [1.165, 1.54) is 19.4 Å². The first kappa shape index (κ1) is 11.4. The Balaban J connectivity index is 2.35. The van der Waals surface area contributed by atoms with Crippen molar-refractivity contribution in [3.8, 4) is 0 Å². The largest absolute Gasteiger partial charge is 0.465 e. The fourth-order valence-corrected chi connectivity index (χ4v) is 1.91. The molecule has 0 radical (unpaired) electrons. The first-order valence-electron chi connectivity index (χ1n) is 4.84. The molecule has 2 aromatic heterocycles. The molecule has 0 aliphatic heterocycles. The molecule has 6 heteroatoms. The first-order chi connectivity index (χ1) is 8.20. The summed E-state index contributed by atoms with van der Waals surface area (Å²) in [7, 11) is 1.32. The Bertz CT molecular complexity index is 526. The molecule has 2 rings (SSSR count). The predicted octanol–water partition coefficient (Wildman–Crippen LogP) is 2.26. The van der Waals surface area contributed by atoms with E-state index >= 15 is 0 Å². The minimum absolute atomic E-state index is 0.318. The van der Waals surface area contributed by atoms with E-state index in [0.717, 1.165) is 5.69 Å². The number of carbonyl (C=O) groups excluding carboxylic acids is 1. The van der Waals surface area contributed by atoms with Gasteiger partial charge < -0.3 is 15.8 Å². The molecule has 0 unspecified atom stereocenters. The molecule has 0 saturated heterocycles. The lowest BCUT2D eigenvalue weighted by Gasteiger charge is -2.08. The van der Waals surface area contributed by atoms with E-state index < -0.39 is 5.97 Å². The summed E-state index contributed by atoms with van der Waals surface area (Å²) >= 11 is 1.55. The molecular formula is C11H11N3O2S. The Morgan fingerprint density at radius 1 is 1.59 bits per heavy atom. The normalized spacial score (nSPS) is 9.94. The number of hydrogen-bond acceptors (Lipinski definition) is 6. The quantitative estimate of drug-likeness (QED) is 0.816. The molecule has 0 atom stereocenters. The second-order valence-corrected chi connectivity index (χ2v) is 4.07. The number of anilines is 3. The zero-order valence-electron chi connectivity index (χ0n) is 9.14. The lowest BCUT2D eigenvalue weighted by atomic mass is 10.2. The smallest absolute Gasteiger partial charge is 0.341 e. The van der Waals surface area contributed by atoms with Gasteiger partial charge in [-0.15, -0.1) is 0 Å². The summed E-state index contributed by atoms with van der Waals surface area (Å²) in [6.45, 7) is 0. The van der Waals surface area contributed by atoms with Gasteiger partial charge in [0.25, 0.3) is 0 Å². The zero-order valence-corrected chi connectivity index (χ0v) is 9.95. The molecule has 88 valence electrons. The molecule has 2 aromatic rings. The Kier molecular flexibility index (Phi) is 3.24. The number of rotatable bonds is 3. The Labute approximate surface area is 102 Å². The van der Waals surface area contributed by atoms with E-state index in [0.29, 0.717) is 17.1 Å². The Morgan fingerprint density at radius 3 is 3.06 bits per heavy atom. The van der Waals surface area contributed by atoms with E-state index in [1.807, 2.05) is 16.8 Å². The molecule has 0 aliphatic rings. The lowest BCUT2D eigenvalue weighted by Crippen LogP contribution is -2.08. The van der Waals surface area contributed by atoms with Crippen LogP contribution in [0.3, 0.4) is 0 Å². The van der Waals surface area contributed by atoms with E-state index in [9.17, 15) is 4.79 Å². The second-order valence-electron chi connectivity index (χ2n) is 3.29. The third kappa shape index (κ3) is 2.54. The highest BCUT2D eigenvalue weighted by Crippen LogP contribution is 2.22. The minimum Gasteiger partial charge on any atom is -0.465 e. The third-order valence-corrected chi connectivity index (χ3v) is 2.78. The predicted molar refractivity (Wildman–Crippen MR) is 67.6 cm³/mol. The number of pyridine rings is 1. The maximum atomic E-state index is 11.6. The lowest BCUT2D eigenvalue weighted by molar-refractivity contribution is 0.0601. The van der Waals surface area contributed by atoms with Crippen molar-refractivity contribution in [2.24, 2.45) is 0 Å². The fourth-order valence-electron chi connectivity index (χ4n) is 1.32. The molecule has 5 nitrogen and oxygen atoms in total. The van der Waals surface area contributed by atoms with E-state index in [2.05, 4.69) is 15.0 Å². The highest BCUT2D eigenvalue weighted by atomic mass is 32.1. The Morgan fingerprint density at radius 2 is 2.41 bits per heavy atom. The molecule has 0 aliphatic carbocycles. The maximum absolute atomic E-state index is 11.6. The average molecular weight is 249 g/mol. The van der Waals surface area contributed by atoms with Gasteiger partial charge in [-0.2, -0.15) is 11.3 Å². The van der Waals surface area contributed by atoms with Crippen LogP contribution in [0.15, 0.2) is 29.1 Å². The van der Waals surface area contributed by atoms with Gasteiger partial charge in [-0.25, -0.2) is 9.78 Å². The molecule has 2 heterocycles. The topological polar surface area (TPSA) is 77.2 Å². The van der Waals surface area contributed by atoms with Crippen molar-refractivity contribution < 1.29 is 9.53 Å². The fraction of sp³-hybridized carbons (Fsp3) is 0.0909. The van der Waals surface area contributed by atoms with Gasteiger partial charge in [0.1, 0.15) is 11.4 Å². The zero-order chi connectivity index (χ0) is 12.3. The molecular weight excluding hydrogens is 238 g/mol. The van der Waals surface area contributed by atoms with Crippen LogP contribution in [0.25, 0.3) is 0 Å². The van der Waals surface area contributed by atoms with Crippen LogP contribution in [0.5, 0.6) is 0 Å². The highest BCUT2D eigenvalue weighted by Gasteiger charge is 2.14. The average Bonchev–Trinajstić information content (AvgIpc) is 2.83. The number of carbonyl (C=O) groups is 1. The van der Waals surface area contributed by atoms with Crippen LogP contribution in [0, 0.1) is 0 Å². The van der Waals surface area contributed by atoms with Crippen LogP contribution in [0.2, 0.25) is 0 Å². The number of esters is 1. The number of aromatic nitrogens is 1. The molecule has 0 bridgehead atoms. The number of nitrogens with two attached hydrogens (primary N) is 1. The first-order valence-corrected chi connectivity index (χ1v) is 5.78. The molecule has 0 fully saturated rings. The Hall–Kier alpha value is -2.08. The van der Waals surface area contributed by atoms with Crippen LogP contribution in [-0.4, -0.2) is 18.1 Å². The van der Waals surface area contributed by atoms with Crippen LogP contribution < -0.4 is 11.1 Å². The second kappa shape index (κ2) is 4.84. The van der Waals surface area contributed by atoms with Crippen LogP contribution in [0.1, 0.15) is 10.4 Å². The van der Waals surface area contributed by atoms with Crippen molar-refractivity contribution in [3.63, 3.8) is 0 Å². The summed E-state index contributed by atoms with van der Waals surface area (Å²) in [5.74, 6) is -0.0352. The van der Waals surface area contributed by atoms with Gasteiger partial charge in [0, 0.05) is 5.38 Å². The summed E-state index contributed by atoms with van der Waals surface area (Å²) in [6.07, 6.45) is 1.49.